The van der Waals surface area contributed by atoms with E-state index in [1.165, 1.54) is 11.2 Å². The molecule has 0 aromatic carbocycles. The minimum Gasteiger partial charge on any atom is -0.384 e. The molecule has 88 valence electrons. The van der Waals surface area contributed by atoms with Gasteiger partial charge in [0.05, 0.1) is 0 Å². The number of azide groups is 1. The maximum Gasteiger partial charge on any atom is 0.228 e. The molecule has 0 spiro atoms. The van der Waals surface area contributed by atoms with Gasteiger partial charge in [-0.2, -0.15) is 0 Å². The lowest BCUT2D eigenvalue weighted by molar-refractivity contribution is -0.117. The Labute approximate surface area is 97.1 Å². The molecule has 0 bridgehead atoms. The molecule has 8 heteroatoms. The van der Waals surface area contributed by atoms with Crippen LogP contribution < -0.4 is 10.6 Å². The van der Waals surface area contributed by atoms with Crippen LogP contribution in [0.5, 0.6) is 0 Å². The van der Waals surface area contributed by atoms with E-state index in [1.807, 2.05) is 0 Å². The molecule has 8 nitrogen and oxygen atoms in total. The summed E-state index contributed by atoms with van der Waals surface area (Å²) in [5.41, 5.74) is 13.8. The van der Waals surface area contributed by atoms with Crippen molar-refractivity contribution in [3.63, 3.8) is 0 Å². The van der Waals surface area contributed by atoms with Gasteiger partial charge in [0.25, 0.3) is 0 Å². The Hall–Kier alpha value is -2.34. The lowest BCUT2D eigenvalue weighted by Gasteiger charge is -2.14. The van der Waals surface area contributed by atoms with Crippen LogP contribution >= 0.6 is 0 Å². The summed E-state index contributed by atoms with van der Waals surface area (Å²) in [5, 5.41) is 3.48. The van der Waals surface area contributed by atoms with E-state index in [-0.39, 0.29) is 11.8 Å². The van der Waals surface area contributed by atoms with Crippen molar-refractivity contribution in [3.8, 4) is 0 Å². The van der Waals surface area contributed by atoms with E-state index in [0.29, 0.717) is 31.1 Å². The summed E-state index contributed by atoms with van der Waals surface area (Å²) >= 11 is 0. The van der Waals surface area contributed by atoms with Gasteiger partial charge < -0.3 is 5.73 Å². The van der Waals surface area contributed by atoms with Crippen molar-refractivity contribution >= 4 is 17.5 Å². The Morgan fingerprint density at radius 1 is 1.65 bits per heavy atom. The van der Waals surface area contributed by atoms with Crippen LogP contribution in [0.15, 0.2) is 17.5 Å². The number of aromatic nitrogens is 2. The van der Waals surface area contributed by atoms with E-state index in [1.54, 1.807) is 6.07 Å². The second-order valence-electron chi connectivity index (χ2n) is 3.79. The summed E-state index contributed by atoms with van der Waals surface area (Å²) in [6, 6.07) is 1.55. The van der Waals surface area contributed by atoms with Gasteiger partial charge in [-0.3, -0.25) is 9.69 Å². The van der Waals surface area contributed by atoms with E-state index in [0.717, 1.165) is 0 Å². The lowest BCUT2D eigenvalue weighted by Crippen LogP contribution is -2.26. The molecule has 2 N–H and O–H groups in total. The van der Waals surface area contributed by atoms with Gasteiger partial charge in [-0.1, -0.05) is 5.11 Å². The molecule has 0 radical (unpaired) electrons. The number of nitrogen functional groups attached to an aromatic ring is 1. The summed E-state index contributed by atoms with van der Waals surface area (Å²) < 4.78 is 0. The molecule has 1 aliphatic rings. The number of carbonyl (C=O) groups is 1. The van der Waals surface area contributed by atoms with Crippen LogP contribution in [-0.4, -0.2) is 29.0 Å². The number of carbonyl (C=O) groups excluding carboxylic acids is 1. The highest BCUT2D eigenvalue weighted by Gasteiger charge is 2.30. The standard InChI is InChI=1S/C9H11N7O/c10-7-2-8(13-5-12-7)16-4-6(1-9(16)17)3-14-15-11/h2,5-6H,1,3-4H2,(H2,10,12,13). The maximum atomic E-state index is 11.7. The summed E-state index contributed by atoms with van der Waals surface area (Å²) in [6.45, 7) is 0.813. The van der Waals surface area contributed by atoms with E-state index in [9.17, 15) is 4.79 Å². The fourth-order valence-electron chi connectivity index (χ4n) is 1.79. The van der Waals surface area contributed by atoms with Crippen molar-refractivity contribution in [2.45, 2.75) is 6.42 Å². The molecule has 0 aliphatic carbocycles. The topological polar surface area (TPSA) is 121 Å². The number of amides is 1. The average molecular weight is 233 g/mol. The third-order valence-electron chi connectivity index (χ3n) is 2.56. The van der Waals surface area contributed by atoms with Gasteiger partial charge >= 0.3 is 0 Å². The molecule has 1 aromatic heterocycles. The van der Waals surface area contributed by atoms with Crippen molar-refractivity contribution in [2.24, 2.45) is 11.0 Å². The minimum atomic E-state index is -0.0405. The molecule has 1 amide bonds. The highest BCUT2D eigenvalue weighted by molar-refractivity contribution is 5.95. The quantitative estimate of drug-likeness (QED) is 0.469. The number of rotatable bonds is 3. The van der Waals surface area contributed by atoms with Crippen LogP contribution in [0.2, 0.25) is 0 Å². The molecule has 17 heavy (non-hydrogen) atoms. The number of nitrogens with zero attached hydrogens (tertiary/aromatic N) is 6. The van der Waals surface area contributed by atoms with Crippen molar-refractivity contribution in [3.05, 3.63) is 22.8 Å². The molecule has 1 aliphatic heterocycles. The Morgan fingerprint density at radius 3 is 3.18 bits per heavy atom. The molecule has 2 heterocycles. The highest BCUT2D eigenvalue weighted by atomic mass is 16.2. The zero-order valence-electron chi connectivity index (χ0n) is 9.02. The fraction of sp³-hybridized carbons (Fsp3) is 0.444. The Balaban J connectivity index is 2.12. The van der Waals surface area contributed by atoms with Gasteiger partial charge in [-0.05, 0) is 11.4 Å². The molecular formula is C9H11N7O. The van der Waals surface area contributed by atoms with Gasteiger partial charge in [0.2, 0.25) is 5.91 Å². The third kappa shape index (κ3) is 2.43. The second kappa shape index (κ2) is 4.67. The van der Waals surface area contributed by atoms with E-state index in [4.69, 9.17) is 11.3 Å². The minimum absolute atomic E-state index is 0.0367. The van der Waals surface area contributed by atoms with Crippen LogP contribution in [0.25, 0.3) is 10.4 Å². The fourth-order valence-corrected chi connectivity index (χ4v) is 1.79. The van der Waals surface area contributed by atoms with Crippen molar-refractivity contribution in [1.29, 1.82) is 0 Å². The predicted molar refractivity (Wildman–Crippen MR) is 60.9 cm³/mol. The molecule has 2 rings (SSSR count). The smallest absolute Gasteiger partial charge is 0.228 e. The van der Waals surface area contributed by atoms with E-state index >= 15 is 0 Å². The predicted octanol–water partition coefficient (Wildman–Crippen LogP) is 0.722. The first-order chi connectivity index (χ1) is 8.20. The molecule has 0 saturated carbocycles. The Kier molecular flexibility index (Phi) is 3.06. The maximum absolute atomic E-state index is 11.7. The monoisotopic (exact) mass is 233 g/mol. The lowest BCUT2D eigenvalue weighted by atomic mass is 10.1. The van der Waals surface area contributed by atoms with Crippen LogP contribution in [0.3, 0.4) is 0 Å². The first-order valence-corrected chi connectivity index (χ1v) is 5.09. The van der Waals surface area contributed by atoms with E-state index < -0.39 is 0 Å². The molecule has 1 saturated heterocycles. The average Bonchev–Trinajstić information content (AvgIpc) is 2.68. The van der Waals surface area contributed by atoms with Crippen LogP contribution in [0.1, 0.15) is 6.42 Å². The first-order valence-electron chi connectivity index (χ1n) is 5.09. The van der Waals surface area contributed by atoms with E-state index in [2.05, 4.69) is 20.0 Å². The Morgan fingerprint density at radius 2 is 2.47 bits per heavy atom. The van der Waals surface area contributed by atoms with Gasteiger partial charge in [0.15, 0.2) is 0 Å². The van der Waals surface area contributed by atoms with Crippen molar-refractivity contribution < 1.29 is 4.79 Å². The zero-order chi connectivity index (χ0) is 12.3. The van der Waals surface area contributed by atoms with Gasteiger partial charge in [-0.25, -0.2) is 9.97 Å². The Bertz CT molecular complexity index is 482. The molecule has 1 aromatic rings. The number of anilines is 2. The molecule has 1 atom stereocenters. The van der Waals surface area contributed by atoms with Crippen molar-refractivity contribution in [1.82, 2.24) is 9.97 Å². The van der Waals surface area contributed by atoms with Gasteiger partial charge in [0.1, 0.15) is 18.0 Å². The normalized spacial score (nSPS) is 19.2. The summed E-state index contributed by atoms with van der Waals surface area (Å²) in [5.74, 6) is 0.808. The van der Waals surface area contributed by atoms with Crippen LogP contribution in [0, 0.1) is 5.92 Å². The van der Waals surface area contributed by atoms with Gasteiger partial charge in [-0.15, -0.1) is 0 Å². The summed E-state index contributed by atoms with van der Waals surface area (Å²) in [6.07, 6.45) is 1.68. The number of nitrogens with two attached hydrogens (primary N) is 1. The third-order valence-corrected chi connectivity index (χ3v) is 2.56. The largest absolute Gasteiger partial charge is 0.384 e. The number of hydrogen-bond donors (Lipinski definition) is 1. The summed E-state index contributed by atoms with van der Waals surface area (Å²) in [7, 11) is 0. The highest BCUT2D eigenvalue weighted by Crippen LogP contribution is 2.24. The molecule has 1 fully saturated rings. The molecular weight excluding hydrogens is 222 g/mol. The van der Waals surface area contributed by atoms with Gasteiger partial charge in [0, 0.05) is 30.5 Å². The first kappa shape index (κ1) is 11.2. The van der Waals surface area contributed by atoms with Crippen LogP contribution in [0.4, 0.5) is 11.6 Å². The summed E-state index contributed by atoms with van der Waals surface area (Å²) in [4.78, 5) is 23.7. The molecule has 1 unspecified atom stereocenters. The van der Waals surface area contributed by atoms with Crippen LogP contribution in [-0.2, 0) is 4.79 Å². The SMILES string of the molecule is [N-]=[N+]=NCC1CC(=O)N(c2cc(N)ncn2)C1. The number of hydrogen-bond acceptors (Lipinski definition) is 5. The van der Waals surface area contributed by atoms with Crippen molar-refractivity contribution in [2.75, 3.05) is 23.7 Å². The zero-order valence-corrected chi connectivity index (χ0v) is 9.02. The second-order valence-corrected chi connectivity index (χ2v) is 3.79.